The largest absolute Gasteiger partial charge is 0.357 e. The van der Waals surface area contributed by atoms with Crippen molar-refractivity contribution in [1.29, 1.82) is 0 Å². The highest BCUT2D eigenvalue weighted by Crippen LogP contribution is 2.43. The van der Waals surface area contributed by atoms with E-state index in [9.17, 15) is 4.79 Å². The first-order valence-corrected chi connectivity index (χ1v) is 16.3. The van der Waals surface area contributed by atoms with Gasteiger partial charge in [-0.25, -0.2) is 9.97 Å². The number of nitrogens with zero attached hydrogens (tertiary/aromatic N) is 5. The summed E-state index contributed by atoms with van der Waals surface area (Å²) in [6, 6.07) is 23.9. The van der Waals surface area contributed by atoms with Crippen molar-refractivity contribution in [3.05, 3.63) is 101 Å². The molecule has 0 spiro atoms. The number of aldehydes is 1. The van der Waals surface area contributed by atoms with Crippen LogP contribution in [0.25, 0.3) is 33.5 Å². The molecule has 5 aromatic rings. The Morgan fingerprint density at radius 1 is 0.933 bits per heavy atom. The number of carbonyl (C=O) groups is 1. The molecule has 3 aliphatic rings. The number of carbonyl (C=O) groups excluding carboxylic acids is 1. The summed E-state index contributed by atoms with van der Waals surface area (Å²) in [5, 5.41) is 0.998. The molecule has 0 amide bonds. The number of H-pyrrole nitrogens is 1. The molecule has 1 saturated carbocycles. The molecule has 2 aromatic heterocycles. The molecule has 7 heteroatoms. The topological polar surface area (TPSA) is 68.4 Å². The molecule has 4 heterocycles. The molecular formula is C38H40N6O. The van der Waals surface area contributed by atoms with E-state index >= 15 is 0 Å². The Hall–Kier alpha value is -4.33. The Morgan fingerprint density at radius 2 is 1.76 bits per heavy atom. The van der Waals surface area contributed by atoms with Crippen LogP contribution in [0.3, 0.4) is 0 Å². The maximum absolute atomic E-state index is 12.6. The normalized spacial score (nSPS) is 19.2. The van der Waals surface area contributed by atoms with E-state index in [1.165, 1.54) is 29.5 Å². The number of likely N-dealkylation sites (N-methyl/N-ethyl adjacent to an activating group) is 1. The average Bonchev–Trinajstić information content (AvgIpc) is 3.83. The van der Waals surface area contributed by atoms with Crippen LogP contribution >= 0.6 is 0 Å². The number of aromatic nitrogens is 3. The van der Waals surface area contributed by atoms with Gasteiger partial charge in [0.05, 0.1) is 5.69 Å². The van der Waals surface area contributed by atoms with E-state index in [0.717, 1.165) is 102 Å². The van der Waals surface area contributed by atoms with Crippen molar-refractivity contribution in [2.75, 3.05) is 44.7 Å². The SMILES string of the molecule is Cc1c(-c2ncnc3[nH]c(-c4ccc(CN5CCN(C)CC5)cc4)cc23)cccc1N1CCc2cc(C3CC3)ccc2C1C=O. The Balaban J connectivity index is 1.08. The summed E-state index contributed by atoms with van der Waals surface area (Å²) in [4.78, 5) is 32.7. The van der Waals surface area contributed by atoms with Crippen LogP contribution in [-0.2, 0) is 17.8 Å². The van der Waals surface area contributed by atoms with E-state index in [1.54, 1.807) is 6.33 Å². The van der Waals surface area contributed by atoms with Crippen molar-refractivity contribution in [3.63, 3.8) is 0 Å². The van der Waals surface area contributed by atoms with E-state index < -0.39 is 0 Å². The Bertz CT molecular complexity index is 1870. The molecule has 45 heavy (non-hydrogen) atoms. The van der Waals surface area contributed by atoms with Gasteiger partial charge < -0.3 is 19.6 Å². The van der Waals surface area contributed by atoms with Gasteiger partial charge in [0.15, 0.2) is 0 Å². The first-order valence-electron chi connectivity index (χ1n) is 16.3. The highest BCUT2D eigenvalue weighted by Gasteiger charge is 2.31. The minimum atomic E-state index is -0.292. The molecule has 1 N–H and O–H groups in total. The van der Waals surface area contributed by atoms with Crippen LogP contribution in [0.1, 0.15) is 52.6 Å². The van der Waals surface area contributed by atoms with E-state index in [0.29, 0.717) is 5.92 Å². The lowest BCUT2D eigenvalue weighted by atomic mass is 9.89. The summed E-state index contributed by atoms with van der Waals surface area (Å²) < 4.78 is 0. The highest BCUT2D eigenvalue weighted by atomic mass is 16.1. The summed E-state index contributed by atoms with van der Waals surface area (Å²) in [6.07, 6.45) is 6.27. The number of anilines is 1. The van der Waals surface area contributed by atoms with Gasteiger partial charge in [0.1, 0.15) is 24.3 Å². The van der Waals surface area contributed by atoms with Crippen LogP contribution in [0.4, 0.5) is 5.69 Å². The van der Waals surface area contributed by atoms with Crippen molar-refractivity contribution >= 4 is 23.0 Å². The predicted molar refractivity (Wildman–Crippen MR) is 181 cm³/mol. The monoisotopic (exact) mass is 596 g/mol. The second-order valence-corrected chi connectivity index (χ2v) is 13.2. The molecule has 1 aliphatic carbocycles. The summed E-state index contributed by atoms with van der Waals surface area (Å²) in [7, 11) is 2.20. The number of hydrogen-bond donors (Lipinski definition) is 1. The van der Waals surface area contributed by atoms with E-state index in [-0.39, 0.29) is 6.04 Å². The van der Waals surface area contributed by atoms with Crippen molar-refractivity contribution in [2.45, 2.75) is 44.7 Å². The van der Waals surface area contributed by atoms with Crippen LogP contribution in [0.15, 0.2) is 73.1 Å². The summed E-state index contributed by atoms with van der Waals surface area (Å²) in [5.74, 6) is 0.715. The summed E-state index contributed by atoms with van der Waals surface area (Å²) in [6.45, 7) is 8.44. The molecule has 1 saturated heterocycles. The number of nitrogens with one attached hydrogen (secondary N) is 1. The standard InChI is InChI=1S/C38H40N6O/c1-25-31(4-3-5-35(25)44-15-14-30-20-29(27-10-11-27)12-13-32(30)36(44)23-45)37-33-21-34(41-38(33)40-24-39-37)28-8-6-26(7-9-28)22-43-18-16-42(2)17-19-43/h3-9,12-13,20-21,23-24,27,36H,10-11,14-19,22H2,1-2H3,(H,39,40,41). The molecule has 1 unspecified atom stereocenters. The number of benzene rings is 3. The zero-order valence-electron chi connectivity index (χ0n) is 26.2. The van der Waals surface area contributed by atoms with Gasteiger partial charge in [-0.05, 0) is 84.7 Å². The van der Waals surface area contributed by atoms with Gasteiger partial charge >= 0.3 is 0 Å². The van der Waals surface area contributed by atoms with Crippen LogP contribution in [0.2, 0.25) is 0 Å². The van der Waals surface area contributed by atoms with Crippen LogP contribution < -0.4 is 4.90 Å². The van der Waals surface area contributed by atoms with Gasteiger partial charge in [-0.2, -0.15) is 0 Å². The molecule has 2 fully saturated rings. The van der Waals surface area contributed by atoms with Gasteiger partial charge in [-0.3, -0.25) is 4.90 Å². The lowest BCUT2D eigenvalue weighted by molar-refractivity contribution is -0.109. The van der Waals surface area contributed by atoms with E-state index in [2.05, 4.69) is 105 Å². The Labute approximate surface area is 264 Å². The predicted octanol–water partition coefficient (Wildman–Crippen LogP) is 6.53. The minimum absolute atomic E-state index is 0.292. The maximum Gasteiger partial charge on any atom is 0.146 e. The van der Waals surface area contributed by atoms with Crippen molar-refractivity contribution in [2.24, 2.45) is 0 Å². The van der Waals surface area contributed by atoms with Crippen LogP contribution in [-0.4, -0.2) is 70.8 Å². The molecule has 8 rings (SSSR count). The Morgan fingerprint density at radius 3 is 2.53 bits per heavy atom. The van der Waals surface area contributed by atoms with Crippen molar-refractivity contribution < 1.29 is 4.79 Å². The lowest BCUT2D eigenvalue weighted by Crippen LogP contribution is -2.43. The maximum atomic E-state index is 12.6. The van der Waals surface area contributed by atoms with E-state index in [4.69, 9.17) is 4.98 Å². The molecule has 7 nitrogen and oxygen atoms in total. The number of rotatable bonds is 7. The summed E-state index contributed by atoms with van der Waals surface area (Å²) >= 11 is 0. The summed E-state index contributed by atoms with van der Waals surface area (Å²) in [5.41, 5.74) is 12.4. The smallest absolute Gasteiger partial charge is 0.146 e. The fourth-order valence-corrected chi connectivity index (χ4v) is 7.32. The molecular weight excluding hydrogens is 556 g/mol. The van der Waals surface area contributed by atoms with Crippen molar-refractivity contribution in [1.82, 2.24) is 24.8 Å². The second kappa shape index (κ2) is 11.5. The Kier molecular flexibility index (Phi) is 7.23. The van der Waals surface area contributed by atoms with Crippen LogP contribution in [0, 0.1) is 6.92 Å². The fraction of sp³-hybridized carbons (Fsp3) is 0.342. The quantitative estimate of drug-likeness (QED) is 0.216. The number of aromatic amines is 1. The fourth-order valence-electron chi connectivity index (χ4n) is 7.32. The third-order valence-corrected chi connectivity index (χ3v) is 10.2. The second-order valence-electron chi connectivity index (χ2n) is 13.2. The van der Waals surface area contributed by atoms with Gasteiger partial charge in [-0.15, -0.1) is 0 Å². The first-order chi connectivity index (χ1) is 22.1. The average molecular weight is 597 g/mol. The highest BCUT2D eigenvalue weighted by molar-refractivity contribution is 5.95. The number of hydrogen-bond acceptors (Lipinski definition) is 6. The third kappa shape index (κ3) is 5.34. The molecule has 2 aliphatic heterocycles. The third-order valence-electron chi connectivity index (χ3n) is 10.2. The van der Waals surface area contributed by atoms with Gasteiger partial charge in [0.25, 0.3) is 0 Å². The van der Waals surface area contributed by atoms with Gasteiger partial charge in [-0.1, -0.05) is 54.6 Å². The van der Waals surface area contributed by atoms with Gasteiger partial charge in [0.2, 0.25) is 0 Å². The first kappa shape index (κ1) is 28.2. The minimum Gasteiger partial charge on any atom is -0.357 e. The zero-order chi connectivity index (χ0) is 30.5. The molecule has 0 bridgehead atoms. The number of fused-ring (bicyclic) bond motifs is 2. The molecule has 1 atom stereocenters. The van der Waals surface area contributed by atoms with Crippen molar-refractivity contribution in [3.8, 4) is 22.5 Å². The molecule has 228 valence electrons. The zero-order valence-corrected chi connectivity index (χ0v) is 26.2. The van der Waals surface area contributed by atoms with Crippen LogP contribution in [0.5, 0.6) is 0 Å². The number of piperazine rings is 1. The molecule has 0 radical (unpaired) electrons. The van der Waals surface area contributed by atoms with E-state index in [1.807, 2.05) is 0 Å². The molecule has 3 aromatic carbocycles. The van der Waals surface area contributed by atoms with Gasteiger partial charge in [0, 0.05) is 61.6 Å². The lowest BCUT2D eigenvalue weighted by Gasteiger charge is -2.37.